The van der Waals surface area contributed by atoms with Gasteiger partial charge in [-0.15, -0.1) is 0 Å². The van der Waals surface area contributed by atoms with Gasteiger partial charge in [0.05, 0.1) is 10.8 Å². The zero-order valence-electron chi connectivity index (χ0n) is 17.1. The van der Waals surface area contributed by atoms with Crippen molar-refractivity contribution in [3.05, 3.63) is 88.9 Å². The summed E-state index contributed by atoms with van der Waals surface area (Å²) in [6, 6.07) is 20.7. The quantitative estimate of drug-likeness (QED) is 0.430. The maximum atomic E-state index is 12.6. The van der Waals surface area contributed by atoms with E-state index in [0.717, 1.165) is 16.7 Å². The van der Waals surface area contributed by atoms with Crippen molar-refractivity contribution in [1.82, 2.24) is 4.72 Å². The molecule has 0 heterocycles. The molecule has 6 nitrogen and oxygen atoms in total. The lowest BCUT2D eigenvalue weighted by atomic mass is 9.95. The first-order chi connectivity index (χ1) is 15.3. The van der Waals surface area contributed by atoms with Gasteiger partial charge < -0.3 is 9.90 Å². The molecule has 0 fully saturated rings. The van der Waals surface area contributed by atoms with E-state index in [1.165, 1.54) is 0 Å². The summed E-state index contributed by atoms with van der Waals surface area (Å²) in [5.74, 6) is -1.93. The Kier molecular flexibility index (Phi) is 7.80. The number of rotatable bonds is 10. The van der Waals surface area contributed by atoms with Crippen LogP contribution in [0.5, 0.6) is 0 Å². The molecule has 0 aromatic heterocycles. The third-order valence-corrected chi connectivity index (χ3v) is 6.79. The SMILES string of the molecule is O=CCC(C(=O)O)c1ccc(CCNS(=O)(=O)c2ccc(-c3ccc(Cl)cc3)cc2)cc1. The normalized spacial score (nSPS) is 12.3. The summed E-state index contributed by atoms with van der Waals surface area (Å²) >= 11 is 5.90. The van der Waals surface area contributed by atoms with Gasteiger partial charge in [-0.3, -0.25) is 4.79 Å². The monoisotopic (exact) mass is 471 g/mol. The molecule has 3 aromatic rings. The molecule has 166 valence electrons. The summed E-state index contributed by atoms with van der Waals surface area (Å²) in [5.41, 5.74) is 3.21. The van der Waals surface area contributed by atoms with E-state index >= 15 is 0 Å². The molecule has 8 heteroatoms. The van der Waals surface area contributed by atoms with Crippen LogP contribution in [0, 0.1) is 0 Å². The van der Waals surface area contributed by atoms with Crippen LogP contribution in [-0.2, 0) is 26.0 Å². The van der Waals surface area contributed by atoms with E-state index in [-0.39, 0.29) is 17.9 Å². The first kappa shape index (κ1) is 23.7. The van der Waals surface area contributed by atoms with Gasteiger partial charge in [-0.25, -0.2) is 13.1 Å². The molecule has 32 heavy (non-hydrogen) atoms. The van der Waals surface area contributed by atoms with Gasteiger partial charge in [0.1, 0.15) is 6.29 Å². The molecule has 0 radical (unpaired) electrons. The summed E-state index contributed by atoms with van der Waals surface area (Å²) in [5, 5.41) is 9.85. The Morgan fingerprint density at radius 3 is 2.03 bits per heavy atom. The first-order valence-electron chi connectivity index (χ1n) is 9.91. The zero-order valence-corrected chi connectivity index (χ0v) is 18.6. The highest BCUT2D eigenvalue weighted by Gasteiger charge is 2.19. The second kappa shape index (κ2) is 10.5. The van der Waals surface area contributed by atoms with E-state index in [2.05, 4.69) is 4.72 Å². The summed E-state index contributed by atoms with van der Waals surface area (Å²) in [6.07, 6.45) is 0.933. The topological polar surface area (TPSA) is 101 Å². The minimum atomic E-state index is -3.66. The molecule has 1 unspecified atom stereocenters. The molecule has 0 amide bonds. The Bertz CT molecular complexity index is 1170. The molecule has 3 rings (SSSR count). The van der Waals surface area contributed by atoms with Crippen molar-refractivity contribution in [2.45, 2.75) is 23.7 Å². The summed E-state index contributed by atoms with van der Waals surface area (Å²) in [7, 11) is -3.66. The zero-order chi connectivity index (χ0) is 23.1. The molecule has 0 aliphatic rings. The fourth-order valence-electron chi connectivity index (χ4n) is 3.27. The van der Waals surface area contributed by atoms with Crippen molar-refractivity contribution in [1.29, 1.82) is 0 Å². The largest absolute Gasteiger partial charge is 0.481 e. The molecule has 0 aliphatic heterocycles. The van der Waals surface area contributed by atoms with Gasteiger partial charge in [0.25, 0.3) is 0 Å². The number of carboxylic acid groups (broad SMARTS) is 1. The van der Waals surface area contributed by atoms with Gasteiger partial charge >= 0.3 is 5.97 Å². The molecule has 2 N–H and O–H groups in total. The maximum Gasteiger partial charge on any atom is 0.311 e. The average Bonchev–Trinajstić information content (AvgIpc) is 2.78. The number of halogens is 1. The Labute approximate surface area is 191 Å². The smallest absolute Gasteiger partial charge is 0.311 e. The minimum Gasteiger partial charge on any atom is -0.481 e. The van der Waals surface area contributed by atoms with Crippen LogP contribution in [0.2, 0.25) is 5.02 Å². The van der Waals surface area contributed by atoms with Crippen LogP contribution >= 0.6 is 11.6 Å². The van der Waals surface area contributed by atoms with Gasteiger partial charge in [0.15, 0.2) is 0 Å². The molecule has 0 aliphatic carbocycles. The Hall–Kier alpha value is -3.00. The predicted molar refractivity (Wildman–Crippen MR) is 123 cm³/mol. The second-order valence-corrected chi connectivity index (χ2v) is 9.42. The Morgan fingerprint density at radius 2 is 1.50 bits per heavy atom. The van der Waals surface area contributed by atoms with Gasteiger partial charge in [0.2, 0.25) is 10.0 Å². The first-order valence-corrected chi connectivity index (χ1v) is 11.8. The number of aliphatic carboxylic acids is 1. The van der Waals surface area contributed by atoms with Gasteiger partial charge in [-0.05, 0) is 52.9 Å². The summed E-state index contributed by atoms with van der Waals surface area (Å²) in [6.45, 7) is 0.192. The molecule has 0 spiro atoms. The molecule has 0 saturated heterocycles. The number of hydrogen-bond acceptors (Lipinski definition) is 4. The second-order valence-electron chi connectivity index (χ2n) is 7.21. The summed E-state index contributed by atoms with van der Waals surface area (Å²) < 4.78 is 27.7. The number of hydrogen-bond donors (Lipinski definition) is 2. The molecular weight excluding hydrogens is 450 g/mol. The Balaban J connectivity index is 1.59. The minimum absolute atomic E-state index is 0.0920. The fraction of sp³-hybridized carbons (Fsp3) is 0.167. The number of carbonyl (C=O) groups is 2. The molecule has 0 saturated carbocycles. The number of nitrogens with one attached hydrogen (secondary N) is 1. The highest BCUT2D eigenvalue weighted by Crippen LogP contribution is 2.23. The van der Waals surface area contributed by atoms with Crippen LogP contribution in [0.15, 0.2) is 77.7 Å². The van der Waals surface area contributed by atoms with Crippen LogP contribution in [0.3, 0.4) is 0 Å². The highest BCUT2D eigenvalue weighted by molar-refractivity contribution is 7.89. The van der Waals surface area contributed by atoms with Crippen LogP contribution in [0.1, 0.15) is 23.5 Å². The lowest BCUT2D eigenvalue weighted by Crippen LogP contribution is -2.26. The summed E-state index contributed by atoms with van der Waals surface area (Å²) in [4.78, 5) is 22.1. The highest BCUT2D eigenvalue weighted by atomic mass is 35.5. The van der Waals surface area contributed by atoms with Crippen molar-refractivity contribution >= 4 is 33.9 Å². The number of carboxylic acids is 1. The van der Waals surface area contributed by atoms with E-state index in [1.807, 2.05) is 12.1 Å². The molecular formula is C24H22ClNO5S. The van der Waals surface area contributed by atoms with E-state index in [1.54, 1.807) is 60.7 Å². The fourth-order valence-corrected chi connectivity index (χ4v) is 4.43. The lowest BCUT2D eigenvalue weighted by Gasteiger charge is -2.11. The van der Waals surface area contributed by atoms with Crippen molar-refractivity contribution in [2.75, 3.05) is 6.54 Å². The van der Waals surface area contributed by atoms with E-state index in [4.69, 9.17) is 11.6 Å². The predicted octanol–water partition coefficient (Wildman–Crippen LogP) is 4.29. The van der Waals surface area contributed by atoms with Crippen molar-refractivity contribution < 1.29 is 23.1 Å². The molecule has 3 aromatic carbocycles. The number of sulfonamides is 1. The van der Waals surface area contributed by atoms with Crippen molar-refractivity contribution in [3.8, 4) is 11.1 Å². The average molecular weight is 472 g/mol. The number of aldehydes is 1. The maximum absolute atomic E-state index is 12.6. The molecule has 0 bridgehead atoms. The number of carbonyl (C=O) groups excluding carboxylic acids is 1. The van der Waals surface area contributed by atoms with Crippen LogP contribution in [0.25, 0.3) is 11.1 Å². The van der Waals surface area contributed by atoms with Crippen molar-refractivity contribution in [3.63, 3.8) is 0 Å². The Morgan fingerprint density at radius 1 is 0.938 bits per heavy atom. The van der Waals surface area contributed by atoms with E-state index < -0.39 is 21.9 Å². The molecule has 1 atom stereocenters. The van der Waals surface area contributed by atoms with Gasteiger partial charge in [-0.1, -0.05) is 60.1 Å². The van der Waals surface area contributed by atoms with Crippen LogP contribution in [0.4, 0.5) is 0 Å². The van der Waals surface area contributed by atoms with Crippen LogP contribution in [-0.4, -0.2) is 32.3 Å². The van der Waals surface area contributed by atoms with Gasteiger partial charge in [0, 0.05) is 18.0 Å². The van der Waals surface area contributed by atoms with E-state index in [0.29, 0.717) is 23.3 Å². The van der Waals surface area contributed by atoms with Crippen molar-refractivity contribution in [2.24, 2.45) is 0 Å². The third kappa shape index (κ3) is 6.03. The standard InChI is InChI=1S/C24H22ClNO5S/c25-21-9-5-18(6-10-21)19-7-11-22(12-8-19)32(30,31)26-15-13-17-1-3-20(4-2-17)23(14-16-27)24(28)29/h1-12,16,23,26H,13-15H2,(H,28,29). The van der Waals surface area contributed by atoms with Crippen LogP contribution < -0.4 is 4.72 Å². The van der Waals surface area contributed by atoms with Gasteiger partial charge in [-0.2, -0.15) is 0 Å². The third-order valence-electron chi connectivity index (χ3n) is 5.06. The number of benzene rings is 3. The van der Waals surface area contributed by atoms with E-state index in [9.17, 15) is 23.1 Å². The lowest BCUT2D eigenvalue weighted by molar-refractivity contribution is -0.139.